The van der Waals surface area contributed by atoms with E-state index in [-0.39, 0.29) is 9.26 Å². The van der Waals surface area contributed by atoms with Crippen molar-refractivity contribution < 1.29 is 26.4 Å². The maximum atomic E-state index is 12.4. The van der Waals surface area contributed by atoms with Gasteiger partial charge in [-0.05, 0) is 40.8 Å². The Bertz CT molecular complexity index is 634. The number of hydrogen-bond donors (Lipinski definition) is 1. The van der Waals surface area contributed by atoms with Crippen molar-refractivity contribution in [1.82, 2.24) is 0 Å². The molecular weight excluding hydrogens is 457 g/mol. The first-order valence-corrected chi connectivity index (χ1v) is 8.10. The number of halogens is 6. The quantitative estimate of drug-likeness (QED) is 0.554. The van der Waals surface area contributed by atoms with Crippen LogP contribution in [0.15, 0.2) is 23.1 Å². The highest BCUT2D eigenvalue weighted by molar-refractivity contribution is 14.1. The molecule has 0 aliphatic carbocycles. The molecule has 1 N–H and O–H groups in total. The van der Waals surface area contributed by atoms with Crippen LogP contribution in [0.4, 0.5) is 18.9 Å². The second-order valence-electron chi connectivity index (χ2n) is 3.38. The van der Waals surface area contributed by atoms with E-state index in [9.17, 15) is 26.4 Å². The molecule has 0 aromatic heterocycles. The number of alkyl halides is 5. The van der Waals surface area contributed by atoms with E-state index in [1.165, 1.54) is 0 Å². The fraction of sp³-hybridized carbons (Fsp3) is 0.222. The van der Waals surface area contributed by atoms with Crippen LogP contribution in [0.2, 0.25) is 0 Å². The Morgan fingerprint density at radius 2 is 1.85 bits per heavy atom. The fourth-order valence-corrected chi connectivity index (χ4v) is 2.84. The van der Waals surface area contributed by atoms with Gasteiger partial charge in [-0.1, -0.05) is 23.2 Å². The molecule has 0 fully saturated rings. The van der Waals surface area contributed by atoms with Crippen molar-refractivity contribution in [3.63, 3.8) is 0 Å². The van der Waals surface area contributed by atoms with Crippen LogP contribution in [-0.4, -0.2) is 24.7 Å². The maximum absolute atomic E-state index is 12.4. The first kappa shape index (κ1) is 17.8. The smallest absolute Gasteiger partial charge is 0.323 e. The van der Waals surface area contributed by atoms with Crippen LogP contribution in [0.25, 0.3) is 0 Å². The minimum Gasteiger partial charge on any atom is -0.323 e. The lowest BCUT2D eigenvalue weighted by molar-refractivity contribution is -0.114. The lowest BCUT2D eigenvalue weighted by Crippen LogP contribution is -2.23. The number of amides is 1. The van der Waals surface area contributed by atoms with E-state index in [1.54, 1.807) is 22.6 Å². The molecule has 4 nitrogen and oxygen atoms in total. The van der Waals surface area contributed by atoms with Crippen LogP contribution >= 0.6 is 45.8 Å². The lowest BCUT2D eigenvalue weighted by atomic mass is 10.3. The molecule has 1 aromatic carbocycles. The molecule has 0 radical (unpaired) electrons. The highest BCUT2D eigenvalue weighted by Gasteiger charge is 2.46. The van der Waals surface area contributed by atoms with Crippen molar-refractivity contribution in [2.24, 2.45) is 0 Å². The standard InChI is InChI=1S/C9H5Cl2F3INO3S/c10-7(11)8(17)16-6-2-1-4(3-5(6)15)20(18,19)9(12,13)14/h1-3,7H,(H,16,17). The second-order valence-corrected chi connectivity index (χ2v) is 7.58. The van der Waals surface area contributed by atoms with Gasteiger partial charge in [-0.3, -0.25) is 4.79 Å². The van der Waals surface area contributed by atoms with Crippen LogP contribution in [0.3, 0.4) is 0 Å². The summed E-state index contributed by atoms with van der Waals surface area (Å²) < 4.78 is 59.6. The van der Waals surface area contributed by atoms with Crippen LogP contribution in [0.5, 0.6) is 0 Å². The number of benzene rings is 1. The Kier molecular flexibility index (Phi) is 5.55. The summed E-state index contributed by atoms with van der Waals surface area (Å²) in [5.41, 5.74) is -5.29. The SMILES string of the molecule is O=C(Nc1ccc(S(=O)(=O)C(F)(F)F)cc1I)C(Cl)Cl. The summed E-state index contributed by atoms with van der Waals surface area (Å²) in [4.78, 5) is 8.96. The van der Waals surface area contributed by atoms with Gasteiger partial charge in [0.05, 0.1) is 10.6 Å². The van der Waals surface area contributed by atoms with E-state index >= 15 is 0 Å². The van der Waals surface area contributed by atoms with Crippen molar-refractivity contribution >= 4 is 67.2 Å². The summed E-state index contributed by atoms with van der Waals surface area (Å²) in [5, 5.41) is 2.24. The first-order valence-electron chi connectivity index (χ1n) is 4.66. The normalized spacial score (nSPS) is 12.6. The van der Waals surface area contributed by atoms with Gasteiger partial charge in [0.2, 0.25) is 0 Å². The van der Waals surface area contributed by atoms with E-state index in [4.69, 9.17) is 23.2 Å². The minimum absolute atomic E-state index is 0.0928. The van der Waals surface area contributed by atoms with Gasteiger partial charge in [0, 0.05) is 3.57 Å². The largest absolute Gasteiger partial charge is 0.501 e. The molecule has 11 heteroatoms. The number of nitrogens with one attached hydrogen (secondary N) is 1. The molecule has 0 heterocycles. The van der Waals surface area contributed by atoms with Gasteiger partial charge in [0.15, 0.2) is 4.84 Å². The molecule has 0 unspecified atom stereocenters. The summed E-state index contributed by atoms with van der Waals surface area (Å²) in [6.45, 7) is 0. The van der Waals surface area contributed by atoms with Crippen LogP contribution in [0, 0.1) is 3.57 Å². The van der Waals surface area contributed by atoms with Crippen molar-refractivity contribution in [1.29, 1.82) is 0 Å². The van der Waals surface area contributed by atoms with Crippen LogP contribution in [0.1, 0.15) is 0 Å². The zero-order valence-corrected chi connectivity index (χ0v) is 13.7. The van der Waals surface area contributed by atoms with Gasteiger partial charge in [0.1, 0.15) is 0 Å². The molecule has 1 amide bonds. The number of carbonyl (C=O) groups is 1. The molecule has 0 aliphatic heterocycles. The van der Waals surface area contributed by atoms with Gasteiger partial charge in [-0.2, -0.15) is 13.2 Å². The summed E-state index contributed by atoms with van der Waals surface area (Å²) in [6.07, 6.45) is 0. The van der Waals surface area contributed by atoms with Crippen LogP contribution in [-0.2, 0) is 14.6 Å². The van der Waals surface area contributed by atoms with Gasteiger partial charge < -0.3 is 5.32 Å². The number of hydrogen-bond acceptors (Lipinski definition) is 3. The molecule has 1 rings (SSSR count). The molecular formula is C9H5Cl2F3INO3S. The Morgan fingerprint density at radius 3 is 2.25 bits per heavy atom. The fourth-order valence-electron chi connectivity index (χ4n) is 1.09. The maximum Gasteiger partial charge on any atom is 0.501 e. The van der Waals surface area contributed by atoms with E-state index in [1.807, 2.05) is 0 Å². The third-order valence-corrected chi connectivity index (χ3v) is 4.78. The Hall–Kier alpha value is -0.260. The molecule has 1 aromatic rings. The Labute approximate surface area is 135 Å². The summed E-state index contributed by atoms with van der Waals surface area (Å²) in [5.74, 6) is -0.780. The number of carbonyl (C=O) groups excluding carboxylic acids is 1. The number of sulfone groups is 1. The molecule has 0 aliphatic rings. The predicted molar refractivity (Wildman–Crippen MR) is 76.5 cm³/mol. The molecule has 0 saturated heterocycles. The summed E-state index contributed by atoms with van der Waals surface area (Å²) in [6, 6.07) is 2.54. The third-order valence-electron chi connectivity index (χ3n) is 2.01. The zero-order valence-electron chi connectivity index (χ0n) is 9.21. The molecule has 112 valence electrons. The highest BCUT2D eigenvalue weighted by Crippen LogP contribution is 2.32. The zero-order chi connectivity index (χ0) is 15.7. The van der Waals surface area contributed by atoms with E-state index < -0.39 is 31.0 Å². The van der Waals surface area contributed by atoms with Gasteiger partial charge in [-0.15, -0.1) is 0 Å². The van der Waals surface area contributed by atoms with Crippen molar-refractivity contribution in [3.05, 3.63) is 21.8 Å². The predicted octanol–water partition coefficient (Wildman–Crippen LogP) is 3.33. The van der Waals surface area contributed by atoms with E-state index in [2.05, 4.69) is 5.32 Å². The van der Waals surface area contributed by atoms with E-state index in [0.717, 1.165) is 18.2 Å². The Morgan fingerprint density at radius 1 is 1.30 bits per heavy atom. The molecule has 0 saturated carbocycles. The van der Waals surface area contributed by atoms with Crippen LogP contribution < -0.4 is 5.32 Å². The third kappa shape index (κ3) is 3.89. The molecule has 0 atom stereocenters. The molecule has 20 heavy (non-hydrogen) atoms. The number of rotatable bonds is 3. The topological polar surface area (TPSA) is 63.2 Å². The van der Waals surface area contributed by atoms with Gasteiger partial charge in [-0.25, -0.2) is 8.42 Å². The number of anilines is 1. The lowest BCUT2D eigenvalue weighted by Gasteiger charge is -2.11. The highest BCUT2D eigenvalue weighted by atomic mass is 127. The Balaban J connectivity index is 3.16. The summed E-state index contributed by atoms with van der Waals surface area (Å²) in [7, 11) is -5.43. The minimum atomic E-state index is -5.43. The summed E-state index contributed by atoms with van der Waals surface area (Å²) >= 11 is 12.2. The van der Waals surface area contributed by atoms with Crippen molar-refractivity contribution in [2.75, 3.05) is 5.32 Å². The molecule has 0 spiro atoms. The molecule has 0 bridgehead atoms. The van der Waals surface area contributed by atoms with Crippen molar-refractivity contribution in [2.45, 2.75) is 15.2 Å². The van der Waals surface area contributed by atoms with Gasteiger partial charge >= 0.3 is 5.51 Å². The second kappa shape index (κ2) is 6.24. The monoisotopic (exact) mass is 461 g/mol. The van der Waals surface area contributed by atoms with Crippen molar-refractivity contribution in [3.8, 4) is 0 Å². The van der Waals surface area contributed by atoms with Gasteiger partial charge in [0.25, 0.3) is 15.7 Å². The van der Waals surface area contributed by atoms with E-state index in [0.29, 0.717) is 0 Å². The first-order chi connectivity index (χ1) is 8.96. The average Bonchev–Trinajstić information content (AvgIpc) is 2.29. The average molecular weight is 462 g/mol.